The third kappa shape index (κ3) is 6.96. The number of benzene rings is 2. The molecule has 3 rings (SSSR count). The highest BCUT2D eigenvalue weighted by molar-refractivity contribution is 5.86. The molecule has 4 nitrogen and oxygen atoms in total. The molecule has 32 heavy (non-hydrogen) atoms. The number of hydrogen-bond acceptors (Lipinski definition) is 4. The Morgan fingerprint density at radius 1 is 1.03 bits per heavy atom. The van der Waals surface area contributed by atoms with Gasteiger partial charge in [0.1, 0.15) is 18.6 Å². The van der Waals surface area contributed by atoms with E-state index < -0.39 is 0 Å². The van der Waals surface area contributed by atoms with E-state index in [1.165, 1.54) is 5.69 Å². The molecule has 0 aliphatic carbocycles. The number of carbonyl (C=O) groups is 1. The van der Waals surface area contributed by atoms with Gasteiger partial charge in [0.05, 0.1) is 6.61 Å². The van der Waals surface area contributed by atoms with Gasteiger partial charge in [-0.2, -0.15) is 0 Å². The Balaban J connectivity index is 1.74. The first-order chi connectivity index (χ1) is 15.6. The average Bonchev–Trinajstić information content (AvgIpc) is 2.78. The Morgan fingerprint density at radius 2 is 1.81 bits per heavy atom. The molecule has 2 aromatic carbocycles. The Hall–Kier alpha value is -2.59. The largest absolute Gasteiger partial charge is 0.491 e. The van der Waals surface area contributed by atoms with Crippen molar-refractivity contribution in [2.75, 3.05) is 37.8 Å². The fourth-order valence-corrected chi connectivity index (χ4v) is 4.04. The lowest BCUT2D eigenvalue weighted by Crippen LogP contribution is -2.30. The minimum absolute atomic E-state index is 0.562. The van der Waals surface area contributed by atoms with Crippen molar-refractivity contribution in [1.29, 1.82) is 0 Å². The van der Waals surface area contributed by atoms with Gasteiger partial charge in [0.2, 0.25) is 0 Å². The number of unbranched alkanes of at least 4 members (excludes halogenated alkanes) is 1. The van der Waals surface area contributed by atoms with Crippen LogP contribution in [0.25, 0.3) is 17.2 Å². The summed E-state index contributed by atoms with van der Waals surface area (Å²) in [6.45, 7) is 10.6. The molecule has 1 aliphatic rings. The molecule has 0 aromatic heterocycles. The third-order valence-corrected chi connectivity index (χ3v) is 5.67. The standard InChI is InChI=1S/C28H37NO3/c1-4-5-15-31-16-17-32-27-11-8-24(9-12-27)25-10-13-28-26(19-25)18-23(21-30)7-6-14-29(28)20-22(2)3/h8-13,18-19,21-22H,4-7,14-17,20H2,1-3H3/b23-18+. The number of anilines is 1. The second-order valence-electron chi connectivity index (χ2n) is 8.89. The molecular formula is C28H37NO3. The summed E-state index contributed by atoms with van der Waals surface area (Å²) >= 11 is 0. The summed E-state index contributed by atoms with van der Waals surface area (Å²) in [5, 5.41) is 0. The summed E-state index contributed by atoms with van der Waals surface area (Å²) < 4.78 is 11.3. The van der Waals surface area contributed by atoms with E-state index in [4.69, 9.17) is 9.47 Å². The summed E-state index contributed by atoms with van der Waals surface area (Å²) in [5.41, 5.74) is 5.49. The van der Waals surface area contributed by atoms with Crippen LogP contribution in [0.2, 0.25) is 0 Å². The fourth-order valence-electron chi connectivity index (χ4n) is 4.04. The molecule has 2 aromatic rings. The summed E-state index contributed by atoms with van der Waals surface area (Å²) in [7, 11) is 0. The van der Waals surface area contributed by atoms with Gasteiger partial charge in [-0.3, -0.25) is 4.79 Å². The van der Waals surface area contributed by atoms with Crippen LogP contribution >= 0.6 is 0 Å². The molecule has 1 heterocycles. The van der Waals surface area contributed by atoms with E-state index in [1.54, 1.807) is 0 Å². The smallest absolute Gasteiger partial charge is 0.146 e. The molecule has 1 aliphatic heterocycles. The van der Waals surface area contributed by atoms with E-state index in [0.717, 1.165) is 79.7 Å². The number of allylic oxidation sites excluding steroid dienone is 1. The van der Waals surface area contributed by atoms with E-state index in [9.17, 15) is 4.79 Å². The number of ether oxygens (including phenoxy) is 2. The zero-order chi connectivity index (χ0) is 22.8. The number of hydrogen-bond donors (Lipinski definition) is 0. The zero-order valence-corrected chi connectivity index (χ0v) is 19.8. The minimum atomic E-state index is 0.562. The van der Waals surface area contributed by atoms with Crippen molar-refractivity contribution in [3.05, 3.63) is 53.6 Å². The van der Waals surface area contributed by atoms with Crippen molar-refractivity contribution < 1.29 is 14.3 Å². The van der Waals surface area contributed by atoms with Crippen LogP contribution in [0.3, 0.4) is 0 Å². The maximum absolute atomic E-state index is 11.5. The van der Waals surface area contributed by atoms with Crippen LogP contribution in [0.15, 0.2) is 48.0 Å². The normalized spacial score (nSPS) is 15.5. The van der Waals surface area contributed by atoms with Crippen LogP contribution in [-0.2, 0) is 9.53 Å². The fraction of sp³-hybridized carbons (Fsp3) is 0.464. The number of fused-ring (bicyclic) bond motifs is 1. The Labute approximate surface area is 193 Å². The summed E-state index contributed by atoms with van der Waals surface area (Å²) in [6.07, 6.45) is 7.14. The highest BCUT2D eigenvalue weighted by Gasteiger charge is 2.16. The van der Waals surface area contributed by atoms with Crippen LogP contribution in [0, 0.1) is 5.92 Å². The Kier molecular flexibility index (Phi) is 9.36. The first-order valence-electron chi connectivity index (χ1n) is 12.0. The van der Waals surface area contributed by atoms with Gasteiger partial charge >= 0.3 is 0 Å². The maximum atomic E-state index is 11.5. The molecule has 0 bridgehead atoms. The molecule has 0 N–H and O–H groups in total. The van der Waals surface area contributed by atoms with E-state index in [0.29, 0.717) is 19.1 Å². The molecule has 0 saturated carbocycles. The highest BCUT2D eigenvalue weighted by atomic mass is 16.5. The second kappa shape index (κ2) is 12.4. The topological polar surface area (TPSA) is 38.8 Å². The summed E-state index contributed by atoms with van der Waals surface area (Å²) in [6, 6.07) is 14.8. The Bertz CT molecular complexity index is 886. The minimum Gasteiger partial charge on any atom is -0.491 e. The predicted octanol–water partition coefficient (Wildman–Crippen LogP) is 6.39. The maximum Gasteiger partial charge on any atom is 0.146 e. The van der Waals surface area contributed by atoms with Crippen molar-refractivity contribution in [1.82, 2.24) is 0 Å². The van der Waals surface area contributed by atoms with Gasteiger partial charge in [-0.05, 0) is 77.8 Å². The molecule has 172 valence electrons. The molecule has 4 heteroatoms. The van der Waals surface area contributed by atoms with Crippen molar-refractivity contribution >= 4 is 18.0 Å². The number of aldehydes is 1. The van der Waals surface area contributed by atoms with Crippen LogP contribution in [-0.4, -0.2) is 39.2 Å². The predicted molar refractivity (Wildman–Crippen MR) is 133 cm³/mol. The quantitative estimate of drug-likeness (QED) is 0.303. The average molecular weight is 436 g/mol. The van der Waals surface area contributed by atoms with Crippen molar-refractivity contribution in [3.63, 3.8) is 0 Å². The highest BCUT2D eigenvalue weighted by Crippen LogP contribution is 2.32. The van der Waals surface area contributed by atoms with E-state index in [-0.39, 0.29) is 0 Å². The van der Waals surface area contributed by atoms with Gasteiger partial charge in [0, 0.05) is 25.4 Å². The van der Waals surface area contributed by atoms with Crippen molar-refractivity contribution in [2.24, 2.45) is 5.92 Å². The van der Waals surface area contributed by atoms with Gasteiger partial charge in [0.25, 0.3) is 0 Å². The lowest BCUT2D eigenvalue weighted by Gasteiger charge is -2.30. The molecule has 0 amide bonds. The van der Waals surface area contributed by atoms with Gasteiger partial charge < -0.3 is 14.4 Å². The number of carbonyl (C=O) groups excluding carboxylic acids is 1. The molecule has 0 unspecified atom stereocenters. The first-order valence-corrected chi connectivity index (χ1v) is 12.0. The SMILES string of the molecule is CCCCOCCOc1ccc(-c2ccc3c(c2)/C=C(/C=O)CCCN3CC(C)C)cc1. The van der Waals surface area contributed by atoms with Gasteiger partial charge in [0.15, 0.2) is 0 Å². The van der Waals surface area contributed by atoms with Crippen LogP contribution in [0.1, 0.15) is 52.0 Å². The molecule has 0 radical (unpaired) electrons. The summed E-state index contributed by atoms with van der Waals surface area (Å²) in [5.74, 6) is 1.44. The van der Waals surface area contributed by atoms with Crippen LogP contribution < -0.4 is 9.64 Å². The monoisotopic (exact) mass is 435 g/mol. The van der Waals surface area contributed by atoms with Gasteiger partial charge in [-0.1, -0.05) is 45.4 Å². The van der Waals surface area contributed by atoms with Crippen molar-refractivity contribution in [2.45, 2.75) is 46.5 Å². The van der Waals surface area contributed by atoms with E-state index in [1.807, 2.05) is 12.1 Å². The number of nitrogens with zero attached hydrogens (tertiary/aromatic N) is 1. The number of rotatable bonds is 11. The lowest BCUT2D eigenvalue weighted by molar-refractivity contribution is -0.105. The summed E-state index contributed by atoms with van der Waals surface area (Å²) in [4.78, 5) is 14.0. The van der Waals surface area contributed by atoms with E-state index >= 15 is 0 Å². The molecule has 0 fully saturated rings. The van der Waals surface area contributed by atoms with Gasteiger partial charge in [-0.15, -0.1) is 0 Å². The van der Waals surface area contributed by atoms with Crippen molar-refractivity contribution in [3.8, 4) is 16.9 Å². The molecular weight excluding hydrogens is 398 g/mol. The van der Waals surface area contributed by atoms with Crippen LogP contribution in [0.4, 0.5) is 5.69 Å². The van der Waals surface area contributed by atoms with Crippen LogP contribution in [0.5, 0.6) is 5.75 Å². The second-order valence-corrected chi connectivity index (χ2v) is 8.89. The van der Waals surface area contributed by atoms with E-state index in [2.05, 4.69) is 62.1 Å². The Morgan fingerprint density at radius 3 is 2.53 bits per heavy atom. The molecule has 0 spiro atoms. The molecule has 0 saturated heterocycles. The first kappa shape index (κ1) is 24.1. The van der Waals surface area contributed by atoms with Gasteiger partial charge in [-0.25, -0.2) is 0 Å². The molecule has 0 atom stereocenters. The third-order valence-electron chi connectivity index (χ3n) is 5.67. The zero-order valence-electron chi connectivity index (χ0n) is 19.8. The lowest BCUT2D eigenvalue weighted by atomic mass is 9.97.